The van der Waals surface area contributed by atoms with Gasteiger partial charge < -0.3 is 14.4 Å². The van der Waals surface area contributed by atoms with Crippen molar-refractivity contribution in [2.45, 2.75) is 20.3 Å². The normalized spacial score (nSPS) is 15.1. The van der Waals surface area contributed by atoms with Crippen LogP contribution < -0.4 is 9.64 Å². The molecule has 0 aliphatic carbocycles. The fraction of sp³-hybridized carbons (Fsp3) is 0.455. The van der Waals surface area contributed by atoms with Gasteiger partial charge in [-0.1, -0.05) is 17.7 Å². The maximum absolute atomic E-state index is 11.8. The van der Waals surface area contributed by atoms with E-state index in [9.17, 15) is 4.79 Å². The molecule has 2 aromatic rings. The summed E-state index contributed by atoms with van der Waals surface area (Å²) in [5.74, 6) is 1.51. The average molecular weight is 383 g/mol. The summed E-state index contributed by atoms with van der Waals surface area (Å²) >= 11 is 0. The van der Waals surface area contributed by atoms with Gasteiger partial charge in [-0.25, -0.2) is 9.78 Å². The Bertz CT molecular complexity index is 747. The molecule has 0 radical (unpaired) electrons. The van der Waals surface area contributed by atoms with Crippen LogP contribution in [0.3, 0.4) is 0 Å². The molecule has 1 saturated heterocycles. The van der Waals surface area contributed by atoms with Crippen LogP contribution in [0.5, 0.6) is 5.75 Å². The molecule has 6 heteroatoms. The minimum Gasteiger partial charge on any atom is -0.492 e. The fourth-order valence-electron chi connectivity index (χ4n) is 3.26. The Labute approximate surface area is 167 Å². The minimum absolute atomic E-state index is 0.322. The first-order chi connectivity index (χ1) is 13.7. The van der Waals surface area contributed by atoms with Crippen molar-refractivity contribution in [1.82, 2.24) is 9.88 Å². The maximum atomic E-state index is 11.8. The van der Waals surface area contributed by atoms with Crippen molar-refractivity contribution in [3.63, 3.8) is 0 Å². The number of ether oxygens (including phenoxy) is 2. The van der Waals surface area contributed by atoms with E-state index in [2.05, 4.69) is 33.8 Å². The standard InChI is InChI=1S/C22H29N3O3/c1-3-27-22(26)19-7-10-21(23-17-19)25-12-4-11-24(13-14-25)15-16-28-20-8-5-18(2)6-9-20/h5-10,17H,3-4,11-16H2,1-2H3. The number of carbonyl (C=O) groups excluding carboxylic acids is 1. The number of nitrogens with zero attached hydrogens (tertiary/aromatic N) is 3. The third-order valence-electron chi connectivity index (χ3n) is 4.87. The highest BCUT2D eigenvalue weighted by Gasteiger charge is 2.16. The Balaban J connectivity index is 1.46. The van der Waals surface area contributed by atoms with Gasteiger partial charge in [0, 0.05) is 38.9 Å². The zero-order chi connectivity index (χ0) is 19.8. The first-order valence-corrected chi connectivity index (χ1v) is 9.95. The number of anilines is 1. The average Bonchev–Trinajstić information content (AvgIpc) is 2.96. The van der Waals surface area contributed by atoms with E-state index >= 15 is 0 Å². The van der Waals surface area contributed by atoms with Crippen LogP contribution in [0.2, 0.25) is 0 Å². The molecule has 1 aromatic heterocycles. The van der Waals surface area contributed by atoms with Gasteiger partial charge in [-0.2, -0.15) is 0 Å². The van der Waals surface area contributed by atoms with Gasteiger partial charge in [-0.3, -0.25) is 4.90 Å². The lowest BCUT2D eigenvalue weighted by molar-refractivity contribution is 0.0526. The van der Waals surface area contributed by atoms with Crippen LogP contribution in [0.25, 0.3) is 0 Å². The second-order valence-corrected chi connectivity index (χ2v) is 6.97. The summed E-state index contributed by atoms with van der Waals surface area (Å²) in [4.78, 5) is 20.9. The molecule has 1 aromatic carbocycles. The summed E-state index contributed by atoms with van der Waals surface area (Å²) in [6.45, 7) is 9.74. The summed E-state index contributed by atoms with van der Waals surface area (Å²) in [5.41, 5.74) is 1.74. The van der Waals surface area contributed by atoms with Gasteiger partial charge in [0.15, 0.2) is 0 Å². The van der Waals surface area contributed by atoms with Crippen LogP contribution in [0.1, 0.15) is 29.3 Å². The van der Waals surface area contributed by atoms with E-state index in [0.29, 0.717) is 18.8 Å². The highest BCUT2D eigenvalue weighted by Crippen LogP contribution is 2.15. The molecule has 1 fully saturated rings. The molecule has 0 bridgehead atoms. The van der Waals surface area contributed by atoms with Gasteiger partial charge in [0.05, 0.1) is 12.2 Å². The molecular weight excluding hydrogens is 354 g/mol. The molecule has 0 N–H and O–H groups in total. The highest BCUT2D eigenvalue weighted by molar-refractivity contribution is 5.89. The van der Waals surface area contributed by atoms with Crippen LogP contribution in [-0.2, 0) is 4.74 Å². The topological polar surface area (TPSA) is 54.9 Å². The van der Waals surface area contributed by atoms with Crippen LogP contribution in [-0.4, -0.2) is 61.8 Å². The number of hydrogen-bond donors (Lipinski definition) is 0. The van der Waals surface area contributed by atoms with Crippen molar-refractivity contribution < 1.29 is 14.3 Å². The Morgan fingerprint density at radius 1 is 1.07 bits per heavy atom. The molecule has 2 heterocycles. The van der Waals surface area contributed by atoms with Gasteiger partial charge in [-0.05, 0) is 44.5 Å². The van der Waals surface area contributed by atoms with E-state index in [4.69, 9.17) is 9.47 Å². The summed E-state index contributed by atoms with van der Waals surface area (Å²) in [6, 6.07) is 11.9. The monoisotopic (exact) mass is 383 g/mol. The largest absolute Gasteiger partial charge is 0.492 e. The number of hydrogen-bond acceptors (Lipinski definition) is 6. The number of aromatic nitrogens is 1. The van der Waals surface area contributed by atoms with Gasteiger partial charge in [0.1, 0.15) is 18.2 Å². The Morgan fingerprint density at radius 3 is 2.61 bits per heavy atom. The lowest BCUT2D eigenvalue weighted by atomic mass is 10.2. The molecule has 150 valence electrons. The molecule has 28 heavy (non-hydrogen) atoms. The lowest BCUT2D eigenvalue weighted by Gasteiger charge is -2.23. The van der Waals surface area contributed by atoms with Gasteiger partial charge >= 0.3 is 5.97 Å². The number of pyridine rings is 1. The zero-order valence-corrected chi connectivity index (χ0v) is 16.8. The van der Waals surface area contributed by atoms with E-state index in [0.717, 1.165) is 50.7 Å². The van der Waals surface area contributed by atoms with Crippen molar-refractivity contribution in [2.75, 3.05) is 50.8 Å². The van der Waals surface area contributed by atoms with Crippen molar-refractivity contribution in [3.8, 4) is 5.75 Å². The van der Waals surface area contributed by atoms with E-state index in [1.807, 2.05) is 18.2 Å². The first-order valence-electron chi connectivity index (χ1n) is 9.95. The molecule has 0 atom stereocenters. The molecule has 1 aliphatic rings. The smallest absolute Gasteiger partial charge is 0.339 e. The SMILES string of the molecule is CCOC(=O)c1ccc(N2CCCN(CCOc3ccc(C)cc3)CC2)nc1. The molecule has 1 aliphatic heterocycles. The van der Waals surface area contributed by atoms with E-state index < -0.39 is 0 Å². The summed E-state index contributed by atoms with van der Waals surface area (Å²) in [7, 11) is 0. The van der Waals surface area contributed by atoms with E-state index in [-0.39, 0.29) is 5.97 Å². The number of carbonyl (C=O) groups is 1. The van der Waals surface area contributed by atoms with Gasteiger partial charge in [0.25, 0.3) is 0 Å². The van der Waals surface area contributed by atoms with Crippen LogP contribution >= 0.6 is 0 Å². The van der Waals surface area contributed by atoms with Gasteiger partial charge in [0.2, 0.25) is 0 Å². The lowest BCUT2D eigenvalue weighted by Crippen LogP contribution is -2.33. The van der Waals surface area contributed by atoms with E-state index in [1.165, 1.54) is 5.56 Å². The quantitative estimate of drug-likeness (QED) is 0.685. The predicted octanol–water partition coefficient (Wildman–Crippen LogP) is 3.16. The third-order valence-corrected chi connectivity index (χ3v) is 4.87. The van der Waals surface area contributed by atoms with Crippen molar-refractivity contribution in [3.05, 3.63) is 53.7 Å². The number of esters is 1. The second kappa shape index (κ2) is 10.1. The minimum atomic E-state index is -0.322. The molecule has 0 unspecified atom stereocenters. The zero-order valence-electron chi connectivity index (χ0n) is 16.8. The molecule has 0 saturated carbocycles. The molecule has 6 nitrogen and oxygen atoms in total. The van der Waals surface area contributed by atoms with Crippen molar-refractivity contribution >= 4 is 11.8 Å². The van der Waals surface area contributed by atoms with Crippen LogP contribution in [0.15, 0.2) is 42.6 Å². The van der Waals surface area contributed by atoms with Crippen LogP contribution in [0, 0.1) is 6.92 Å². The molecular formula is C22H29N3O3. The summed E-state index contributed by atoms with van der Waals surface area (Å²) in [6.07, 6.45) is 2.68. The van der Waals surface area contributed by atoms with Crippen LogP contribution in [0.4, 0.5) is 5.82 Å². The maximum Gasteiger partial charge on any atom is 0.339 e. The van der Waals surface area contributed by atoms with Crippen molar-refractivity contribution in [2.24, 2.45) is 0 Å². The number of rotatable bonds is 7. The first kappa shape index (κ1) is 20.1. The van der Waals surface area contributed by atoms with Gasteiger partial charge in [-0.15, -0.1) is 0 Å². The Kier molecular flexibility index (Phi) is 7.25. The Morgan fingerprint density at radius 2 is 1.89 bits per heavy atom. The number of aryl methyl sites for hydroxylation is 1. The molecule has 0 amide bonds. The third kappa shape index (κ3) is 5.70. The molecule has 0 spiro atoms. The fourth-order valence-corrected chi connectivity index (χ4v) is 3.26. The number of benzene rings is 1. The van der Waals surface area contributed by atoms with E-state index in [1.54, 1.807) is 19.2 Å². The summed E-state index contributed by atoms with van der Waals surface area (Å²) < 4.78 is 10.9. The second-order valence-electron chi connectivity index (χ2n) is 6.97. The highest BCUT2D eigenvalue weighted by atomic mass is 16.5. The Hall–Kier alpha value is -2.60. The van der Waals surface area contributed by atoms with Crippen molar-refractivity contribution in [1.29, 1.82) is 0 Å². The molecule has 3 rings (SSSR count). The summed E-state index contributed by atoms with van der Waals surface area (Å²) in [5, 5.41) is 0. The predicted molar refractivity (Wildman–Crippen MR) is 110 cm³/mol.